The number of nitrogens with two attached hydrogens (primary N) is 1. The molecule has 47 heavy (non-hydrogen) atoms. The Bertz CT molecular complexity index is 1920. The fourth-order valence-corrected chi connectivity index (χ4v) is 7.00. The van der Waals surface area contributed by atoms with Crippen LogP contribution in [0.1, 0.15) is 45.6 Å². The maximum absolute atomic E-state index is 14.0. The van der Waals surface area contributed by atoms with Crippen LogP contribution in [-0.2, 0) is 9.53 Å². The highest BCUT2D eigenvalue weighted by Gasteiger charge is 2.52. The molecule has 12 heteroatoms. The largest absolute Gasteiger partial charge is 0.457 e. The van der Waals surface area contributed by atoms with Gasteiger partial charge in [0, 0.05) is 36.1 Å². The molecular weight excluding hydrogens is 596 g/mol. The lowest BCUT2D eigenvalue weighted by atomic mass is 9.75. The molecular formula is C35H38N8O4. The van der Waals surface area contributed by atoms with Gasteiger partial charge in [-0.1, -0.05) is 18.2 Å². The maximum Gasteiger partial charge on any atom is 0.335 e. The van der Waals surface area contributed by atoms with Crippen LogP contribution in [0.4, 0.5) is 5.82 Å². The Hall–Kier alpha value is -4.99. The third kappa shape index (κ3) is 5.77. The minimum atomic E-state index is -0.421. The second-order valence-corrected chi connectivity index (χ2v) is 13.5. The molecule has 3 aliphatic rings. The summed E-state index contributed by atoms with van der Waals surface area (Å²) in [6.45, 7) is 7.44. The molecule has 0 atom stereocenters. The summed E-state index contributed by atoms with van der Waals surface area (Å²) < 4.78 is 14.6. The molecule has 4 heterocycles. The standard InChI is InChI=1S/C35H38N8O4/c1-34(2,41-18-35(19-41)20-46-21-35)16-23(17-36)32(44)40-24-8-10-26(11-9-24)43-31-29(30(37)38-22-39-31)42(33(43)45)25-12-14-28(15-13-25)47-27-6-4-3-5-7-27/h3-7,12-16,22,24,26H,8-11,18-21H2,1-2H3,(H,40,44)(H2,37,38,39). The van der Waals surface area contributed by atoms with Gasteiger partial charge in [-0.25, -0.2) is 14.8 Å². The van der Waals surface area contributed by atoms with Gasteiger partial charge in [-0.15, -0.1) is 0 Å². The Labute approximate surface area is 272 Å². The van der Waals surface area contributed by atoms with Crippen LogP contribution in [0.2, 0.25) is 0 Å². The molecule has 0 bridgehead atoms. The smallest absolute Gasteiger partial charge is 0.335 e. The number of amides is 1. The first kappa shape index (κ1) is 30.7. The maximum atomic E-state index is 14.0. The SMILES string of the molecule is CC(C)(C=C(C#N)C(=O)NC1CCC(n2c(=O)n(-c3ccc(Oc4ccccc4)cc3)c3c(N)ncnc32)CC1)N1CC2(COC2)C1. The van der Waals surface area contributed by atoms with E-state index in [1.807, 2.05) is 56.3 Å². The number of imidazole rings is 1. The first-order valence-corrected chi connectivity index (χ1v) is 16.0. The second kappa shape index (κ2) is 12.0. The van der Waals surface area contributed by atoms with Crippen LogP contribution in [0.15, 0.2) is 77.4 Å². The predicted octanol–water partition coefficient (Wildman–Crippen LogP) is 4.12. The minimum Gasteiger partial charge on any atom is -0.457 e. The van der Waals surface area contributed by atoms with Gasteiger partial charge < -0.3 is 20.5 Å². The number of nitrogen functional groups attached to an aromatic ring is 1. The van der Waals surface area contributed by atoms with E-state index in [0.29, 0.717) is 54.0 Å². The average Bonchev–Trinajstić information content (AvgIpc) is 3.32. The third-order valence-electron chi connectivity index (χ3n) is 9.70. The highest BCUT2D eigenvalue weighted by molar-refractivity contribution is 5.97. The van der Waals surface area contributed by atoms with Crippen LogP contribution < -0.4 is 21.5 Å². The number of ether oxygens (including phenoxy) is 2. The Balaban J connectivity index is 1.05. The molecule has 2 saturated heterocycles. The van der Waals surface area contributed by atoms with E-state index in [-0.39, 0.29) is 40.5 Å². The molecule has 3 N–H and O–H groups in total. The van der Waals surface area contributed by atoms with Crippen LogP contribution in [-0.4, -0.2) is 67.8 Å². The van der Waals surface area contributed by atoms with Crippen LogP contribution in [0.25, 0.3) is 16.9 Å². The van der Waals surface area contributed by atoms with Crippen molar-refractivity contribution in [3.8, 4) is 23.3 Å². The number of hydrogen-bond donors (Lipinski definition) is 2. The number of nitrogens with one attached hydrogen (secondary N) is 1. The van der Waals surface area contributed by atoms with Gasteiger partial charge >= 0.3 is 5.69 Å². The first-order chi connectivity index (χ1) is 22.7. The molecule has 4 aromatic rings. The van der Waals surface area contributed by atoms with Crippen molar-refractivity contribution in [2.75, 3.05) is 32.0 Å². The number of rotatable bonds is 8. The van der Waals surface area contributed by atoms with Crippen LogP contribution >= 0.6 is 0 Å². The van der Waals surface area contributed by atoms with Crippen LogP contribution in [0.3, 0.4) is 0 Å². The van der Waals surface area contributed by atoms with Crippen LogP contribution in [0.5, 0.6) is 11.5 Å². The number of anilines is 1. The summed E-state index contributed by atoms with van der Waals surface area (Å²) >= 11 is 0. The highest BCUT2D eigenvalue weighted by atomic mass is 16.5. The fourth-order valence-electron chi connectivity index (χ4n) is 7.00. The fraction of sp³-hybridized carbons (Fsp3) is 0.400. The van der Waals surface area contributed by atoms with E-state index in [4.69, 9.17) is 15.2 Å². The summed E-state index contributed by atoms with van der Waals surface area (Å²) in [7, 11) is 0. The number of carbonyl (C=O) groups excluding carboxylic acids is 1. The van der Waals surface area contributed by atoms with Crippen LogP contribution in [0, 0.1) is 16.7 Å². The van der Waals surface area contributed by atoms with E-state index in [1.165, 1.54) is 6.33 Å². The lowest BCUT2D eigenvalue weighted by Crippen LogP contribution is -2.70. The van der Waals surface area contributed by atoms with Crippen molar-refractivity contribution in [2.45, 2.75) is 57.2 Å². The molecule has 12 nitrogen and oxygen atoms in total. The quantitative estimate of drug-likeness (QED) is 0.215. The molecule has 7 rings (SSSR count). The van der Waals surface area contributed by atoms with Gasteiger partial charge in [-0.3, -0.25) is 18.8 Å². The summed E-state index contributed by atoms with van der Waals surface area (Å²) in [5.41, 5.74) is 7.55. The molecule has 242 valence electrons. The van der Waals surface area contributed by atoms with E-state index >= 15 is 0 Å². The van der Waals surface area contributed by atoms with Crippen molar-refractivity contribution >= 4 is 22.9 Å². The Morgan fingerprint density at radius 1 is 1.06 bits per heavy atom. The van der Waals surface area contributed by atoms with Gasteiger partial charge in [0.2, 0.25) is 0 Å². The Morgan fingerprint density at radius 2 is 1.74 bits per heavy atom. The predicted molar refractivity (Wildman–Crippen MR) is 176 cm³/mol. The molecule has 1 aliphatic carbocycles. The van der Waals surface area contributed by atoms with Gasteiger partial charge in [0.05, 0.1) is 18.9 Å². The minimum absolute atomic E-state index is 0.112. The van der Waals surface area contributed by atoms with Gasteiger partial charge in [0.1, 0.15) is 35.0 Å². The molecule has 1 amide bonds. The summed E-state index contributed by atoms with van der Waals surface area (Å²) in [5.74, 6) is 1.20. The lowest BCUT2D eigenvalue weighted by molar-refractivity contribution is -0.204. The highest BCUT2D eigenvalue weighted by Crippen LogP contribution is 2.42. The number of benzene rings is 2. The summed E-state index contributed by atoms with van der Waals surface area (Å²) in [6, 6.07) is 18.6. The lowest BCUT2D eigenvalue weighted by Gasteiger charge is -2.59. The van der Waals surface area contributed by atoms with Crippen molar-refractivity contribution < 1.29 is 14.3 Å². The van der Waals surface area contributed by atoms with Crippen molar-refractivity contribution in [1.82, 2.24) is 29.3 Å². The number of nitrogens with zero attached hydrogens (tertiary/aromatic N) is 6. The van der Waals surface area contributed by atoms with Crippen molar-refractivity contribution in [2.24, 2.45) is 5.41 Å². The number of para-hydroxylation sites is 1. The van der Waals surface area contributed by atoms with Gasteiger partial charge in [-0.2, -0.15) is 5.26 Å². The average molecular weight is 635 g/mol. The first-order valence-electron chi connectivity index (χ1n) is 16.0. The summed E-state index contributed by atoms with van der Waals surface area (Å²) in [6.07, 6.45) is 5.74. The molecule has 0 unspecified atom stereocenters. The van der Waals surface area contributed by atoms with E-state index in [9.17, 15) is 14.9 Å². The summed E-state index contributed by atoms with van der Waals surface area (Å²) in [4.78, 5) is 38.2. The van der Waals surface area contributed by atoms with E-state index < -0.39 is 5.54 Å². The summed E-state index contributed by atoms with van der Waals surface area (Å²) in [5, 5.41) is 12.9. The zero-order chi connectivity index (χ0) is 32.8. The van der Waals surface area contributed by atoms with Gasteiger partial charge in [0.15, 0.2) is 11.5 Å². The molecule has 2 aromatic heterocycles. The van der Waals surface area contributed by atoms with Crippen molar-refractivity contribution in [3.63, 3.8) is 0 Å². The van der Waals surface area contributed by atoms with Crippen molar-refractivity contribution in [3.05, 3.63) is 83.1 Å². The number of hydrogen-bond acceptors (Lipinski definition) is 9. The molecule has 2 aromatic carbocycles. The van der Waals surface area contributed by atoms with E-state index in [0.717, 1.165) is 26.3 Å². The number of carbonyl (C=O) groups is 1. The molecule has 3 fully saturated rings. The Kier molecular flexibility index (Phi) is 7.82. The zero-order valence-electron chi connectivity index (χ0n) is 26.6. The van der Waals surface area contributed by atoms with E-state index in [1.54, 1.807) is 27.3 Å². The third-order valence-corrected chi connectivity index (χ3v) is 9.70. The normalized spacial score (nSPS) is 21.1. The number of likely N-dealkylation sites (tertiary alicyclic amines) is 1. The molecule has 1 spiro atoms. The number of aromatic nitrogens is 4. The zero-order valence-corrected chi connectivity index (χ0v) is 26.6. The van der Waals surface area contributed by atoms with E-state index in [2.05, 4.69) is 26.3 Å². The topological polar surface area (TPSA) is 153 Å². The molecule has 1 saturated carbocycles. The molecule has 0 radical (unpaired) electrons. The van der Waals surface area contributed by atoms with Crippen molar-refractivity contribution in [1.29, 1.82) is 5.26 Å². The Morgan fingerprint density at radius 3 is 2.38 bits per heavy atom. The molecule has 2 aliphatic heterocycles. The van der Waals surface area contributed by atoms with Gasteiger partial charge in [-0.05, 0) is 82.0 Å². The monoisotopic (exact) mass is 634 g/mol. The second-order valence-electron chi connectivity index (χ2n) is 13.5. The number of fused-ring (bicyclic) bond motifs is 1. The van der Waals surface area contributed by atoms with Gasteiger partial charge in [0.25, 0.3) is 5.91 Å². The number of nitriles is 1.